The number of carbonyl (C=O) groups is 2. The van der Waals surface area contributed by atoms with Crippen molar-refractivity contribution in [3.8, 4) is 17.2 Å². The molecule has 0 fully saturated rings. The van der Waals surface area contributed by atoms with Crippen molar-refractivity contribution in [2.75, 3.05) is 31.5 Å². The summed E-state index contributed by atoms with van der Waals surface area (Å²) >= 11 is 0. The quantitative estimate of drug-likeness (QED) is 0.516. The van der Waals surface area contributed by atoms with Crippen molar-refractivity contribution in [2.24, 2.45) is 0 Å². The minimum atomic E-state index is -0.484. The summed E-state index contributed by atoms with van der Waals surface area (Å²) in [7, 11) is 4.60. The molecule has 7 heteroatoms. The molecule has 0 saturated heterocycles. The van der Waals surface area contributed by atoms with Crippen molar-refractivity contribution in [3.05, 3.63) is 83.1 Å². The molecule has 0 saturated carbocycles. The van der Waals surface area contributed by atoms with E-state index in [-0.39, 0.29) is 11.3 Å². The molecule has 1 aliphatic heterocycles. The topological polar surface area (TPSA) is 77.1 Å². The minimum absolute atomic E-state index is 0.154. The average molecular weight is 459 g/mol. The Morgan fingerprint density at radius 2 is 1.38 bits per heavy atom. The van der Waals surface area contributed by atoms with Crippen LogP contribution in [-0.4, -0.2) is 33.1 Å². The minimum Gasteiger partial charge on any atom is -0.497 e. The number of imide groups is 1. The number of rotatable bonds is 7. The zero-order chi connectivity index (χ0) is 24.4. The van der Waals surface area contributed by atoms with Gasteiger partial charge < -0.3 is 19.5 Å². The molecule has 3 aromatic rings. The number of benzene rings is 3. The van der Waals surface area contributed by atoms with Crippen LogP contribution in [0.4, 0.5) is 11.4 Å². The number of hydrogen-bond acceptors (Lipinski definition) is 6. The molecule has 0 radical (unpaired) electrons. The summed E-state index contributed by atoms with van der Waals surface area (Å²) in [4.78, 5) is 28.6. The van der Waals surface area contributed by atoms with Gasteiger partial charge in [0.2, 0.25) is 0 Å². The molecule has 1 heterocycles. The van der Waals surface area contributed by atoms with Crippen LogP contribution in [0.3, 0.4) is 0 Å². The SMILES string of the molecule is COc1ccc(NC2=C(c3ccc(C)cc3)C(=O)N(c3cc(C)ccc3OC)C2=O)c(OC)c1. The van der Waals surface area contributed by atoms with Crippen molar-refractivity contribution >= 4 is 28.8 Å². The highest BCUT2D eigenvalue weighted by atomic mass is 16.5. The van der Waals surface area contributed by atoms with Crippen LogP contribution in [0.2, 0.25) is 0 Å². The molecule has 2 amide bonds. The van der Waals surface area contributed by atoms with Crippen LogP contribution in [-0.2, 0) is 9.59 Å². The Morgan fingerprint density at radius 1 is 0.706 bits per heavy atom. The van der Waals surface area contributed by atoms with Gasteiger partial charge in [0.1, 0.15) is 22.9 Å². The van der Waals surface area contributed by atoms with Gasteiger partial charge in [-0.15, -0.1) is 0 Å². The molecule has 7 nitrogen and oxygen atoms in total. The van der Waals surface area contributed by atoms with Gasteiger partial charge in [0.05, 0.1) is 38.3 Å². The molecule has 0 spiro atoms. The predicted octanol–water partition coefficient (Wildman–Crippen LogP) is 4.73. The maximum atomic E-state index is 13.7. The zero-order valence-electron chi connectivity index (χ0n) is 19.8. The first kappa shape index (κ1) is 22.9. The van der Waals surface area contributed by atoms with Gasteiger partial charge in [0.15, 0.2) is 0 Å². The van der Waals surface area contributed by atoms with Gasteiger partial charge in [-0.25, -0.2) is 4.90 Å². The van der Waals surface area contributed by atoms with Crippen LogP contribution in [0.5, 0.6) is 17.2 Å². The smallest absolute Gasteiger partial charge is 0.282 e. The monoisotopic (exact) mass is 458 g/mol. The summed E-state index contributed by atoms with van der Waals surface area (Å²) in [5.41, 5.74) is 3.92. The van der Waals surface area contributed by atoms with E-state index in [9.17, 15) is 9.59 Å². The van der Waals surface area contributed by atoms with E-state index in [0.717, 1.165) is 16.0 Å². The van der Waals surface area contributed by atoms with Crippen LogP contribution in [0.25, 0.3) is 5.57 Å². The number of methoxy groups -OCH3 is 3. The molecular weight excluding hydrogens is 432 g/mol. The molecule has 0 aliphatic carbocycles. The van der Waals surface area contributed by atoms with Crippen molar-refractivity contribution < 1.29 is 23.8 Å². The molecule has 4 rings (SSSR count). The Hall–Kier alpha value is -4.26. The summed E-state index contributed by atoms with van der Waals surface area (Å²) in [6.07, 6.45) is 0. The van der Waals surface area contributed by atoms with Gasteiger partial charge in [0.25, 0.3) is 11.8 Å². The van der Waals surface area contributed by atoms with Crippen molar-refractivity contribution in [1.82, 2.24) is 0 Å². The molecule has 1 aliphatic rings. The summed E-state index contributed by atoms with van der Waals surface area (Å²) < 4.78 is 16.2. The summed E-state index contributed by atoms with van der Waals surface area (Å²) in [6, 6.07) is 18.0. The van der Waals surface area contributed by atoms with E-state index >= 15 is 0 Å². The second-order valence-electron chi connectivity index (χ2n) is 7.93. The van der Waals surface area contributed by atoms with Crippen molar-refractivity contribution in [2.45, 2.75) is 13.8 Å². The molecule has 0 aromatic heterocycles. The van der Waals surface area contributed by atoms with Crippen LogP contribution in [0, 0.1) is 13.8 Å². The highest BCUT2D eigenvalue weighted by molar-refractivity contribution is 6.46. The van der Waals surface area contributed by atoms with Gasteiger partial charge >= 0.3 is 0 Å². The number of nitrogens with one attached hydrogen (secondary N) is 1. The van der Waals surface area contributed by atoms with Crippen LogP contribution in [0.15, 0.2) is 66.4 Å². The Labute approximate surface area is 198 Å². The lowest BCUT2D eigenvalue weighted by Gasteiger charge is -2.19. The molecule has 0 bridgehead atoms. The number of carbonyl (C=O) groups excluding carboxylic acids is 2. The first-order valence-corrected chi connectivity index (χ1v) is 10.7. The summed E-state index contributed by atoms with van der Waals surface area (Å²) in [5, 5.41) is 3.15. The Kier molecular flexibility index (Phi) is 6.27. The first-order valence-electron chi connectivity index (χ1n) is 10.7. The highest BCUT2D eigenvalue weighted by Crippen LogP contribution is 2.39. The lowest BCUT2D eigenvalue weighted by atomic mass is 10.0. The number of ether oxygens (including phenoxy) is 3. The molecule has 1 N–H and O–H groups in total. The number of anilines is 2. The highest BCUT2D eigenvalue weighted by Gasteiger charge is 2.41. The number of hydrogen-bond donors (Lipinski definition) is 1. The Morgan fingerprint density at radius 3 is 2.03 bits per heavy atom. The third-order valence-corrected chi connectivity index (χ3v) is 5.67. The fourth-order valence-electron chi connectivity index (χ4n) is 3.86. The van der Waals surface area contributed by atoms with Crippen LogP contribution in [0.1, 0.15) is 16.7 Å². The van der Waals surface area contributed by atoms with E-state index in [0.29, 0.717) is 34.2 Å². The summed E-state index contributed by atoms with van der Waals surface area (Å²) in [6.45, 7) is 3.86. The summed E-state index contributed by atoms with van der Waals surface area (Å²) in [5.74, 6) is 0.589. The number of nitrogens with zero attached hydrogens (tertiary/aromatic N) is 1. The lowest BCUT2D eigenvalue weighted by Crippen LogP contribution is -2.32. The van der Waals surface area contributed by atoms with Gasteiger partial charge in [-0.05, 0) is 49.2 Å². The standard InChI is InChI=1S/C27H26N2O5/c1-16-6-9-18(10-7-16)24-25(28-20-12-11-19(32-3)15-23(20)34-5)27(31)29(26(24)30)21-14-17(2)8-13-22(21)33-4/h6-15,28H,1-5H3. The molecular formula is C27H26N2O5. The van der Waals surface area contributed by atoms with Crippen LogP contribution < -0.4 is 24.4 Å². The molecule has 3 aromatic carbocycles. The first-order chi connectivity index (χ1) is 16.4. The zero-order valence-corrected chi connectivity index (χ0v) is 19.8. The van der Waals surface area contributed by atoms with Crippen molar-refractivity contribution in [3.63, 3.8) is 0 Å². The fraction of sp³-hybridized carbons (Fsp3) is 0.185. The number of aryl methyl sites for hydroxylation is 2. The second-order valence-corrected chi connectivity index (χ2v) is 7.93. The van der Waals surface area contributed by atoms with Gasteiger partial charge in [0, 0.05) is 6.07 Å². The maximum Gasteiger partial charge on any atom is 0.282 e. The lowest BCUT2D eigenvalue weighted by molar-refractivity contribution is -0.120. The molecule has 0 unspecified atom stereocenters. The van der Waals surface area contributed by atoms with Gasteiger partial charge in [-0.1, -0.05) is 35.9 Å². The Bertz CT molecular complexity index is 1290. The maximum absolute atomic E-state index is 13.7. The van der Waals surface area contributed by atoms with Gasteiger partial charge in [-0.3, -0.25) is 9.59 Å². The normalized spacial score (nSPS) is 13.4. The average Bonchev–Trinajstić information content (AvgIpc) is 3.08. The molecule has 34 heavy (non-hydrogen) atoms. The Balaban J connectivity index is 1.86. The number of amides is 2. The predicted molar refractivity (Wildman–Crippen MR) is 131 cm³/mol. The van der Waals surface area contributed by atoms with Crippen molar-refractivity contribution in [1.29, 1.82) is 0 Å². The van der Waals surface area contributed by atoms with E-state index < -0.39 is 11.8 Å². The van der Waals surface area contributed by atoms with E-state index in [4.69, 9.17) is 14.2 Å². The van der Waals surface area contributed by atoms with E-state index in [1.807, 2.05) is 44.2 Å². The third kappa shape index (κ3) is 4.08. The van der Waals surface area contributed by atoms with Crippen LogP contribution >= 0.6 is 0 Å². The van der Waals surface area contributed by atoms with E-state index in [2.05, 4.69) is 5.32 Å². The molecule has 174 valence electrons. The fourth-order valence-corrected chi connectivity index (χ4v) is 3.86. The molecule has 0 atom stereocenters. The second kappa shape index (κ2) is 9.31. The van der Waals surface area contributed by atoms with Gasteiger partial charge in [-0.2, -0.15) is 0 Å². The largest absolute Gasteiger partial charge is 0.497 e. The van der Waals surface area contributed by atoms with E-state index in [1.165, 1.54) is 14.2 Å². The van der Waals surface area contributed by atoms with E-state index in [1.54, 1.807) is 37.4 Å². The third-order valence-electron chi connectivity index (χ3n) is 5.67.